The highest BCUT2D eigenvalue weighted by Gasteiger charge is 1.84. The van der Waals surface area contributed by atoms with E-state index >= 15 is 0 Å². The van der Waals surface area contributed by atoms with Crippen LogP contribution >= 0.6 is 0 Å². The van der Waals surface area contributed by atoms with E-state index in [9.17, 15) is 4.39 Å². The van der Waals surface area contributed by atoms with Crippen LogP contribution in [0.4, 0.5) is 4.39 Å². The summed E-state index contributed by atoms with van der Waals surface area (Å²) >= 11 is 0. The Hall–Kier alpha value is -0.370. The van der Waals surface area contributed by atoms with E-state index in [1.54, 1.807) is 7.05 Å². The van der Waals surface area contributed by atoms with Crippen LogP contribution in [0.3, 0.4) is 0 Å². The first-order valence-corrected chi connectivity index (χ1v) is 2.25. The second kappa shape index (κ2) is 3.81. The Labute approximate surface area is 43.2 Å². The Kier molecular flexibility index (Phi) is 3.61. The topological polar surface area (TPSA) is 12.0 Å². The normalized spacial score (nSPS) is 8.86. The number of hydrogen-bond donors (Lipinski definition) is 1. The quantitative estimate of drug-likeness (QED) is 0.563. The van der Waals surface area contributed by atoms with Crippen molar-refractivity contribution in [3.05, 3.63) is 12.4 Å². The Balaban J connectivity index is 2.82. The second-order valence-corrected chi connectivity index (χ2v) is 1.37. The van der Waals surface area contributed by atoms with Crippen LogP contribution < -0.4 is 5.32 Å². The van der Waals surface area contributed by atoms with Crippen LogP contribution in [0.1, 0.15) is 6.42 Å². The van der Waals surface area contributed by atoms with Crippen LogP contribution in [0.2, 0.25) is 0 Å². The van der Waals surface area contributed by atoms with Gasteiger partial charge in [0.2, 0.25) is 0 Å². The van der Waals surface area contributed by atoms with E-state index < -0.39 is 0 Å². The summed E-state index contributed by atoms with van der Waals surface area (Å²) in [6.07, 6.45) is 0.427. The van der Waals surface area contributed by atoms with Crippen LogP contribution in [-0.2, 0) is 0 Å². The lowest BCUT2D eigenvalue weighted by molar-refractivity contribution is 0.580. The zero-order chi connectivity index (χ0) is 5.70. The number of halogens is 1. The molecule has 0 aliphatic rings. The van der Waals surface area contributed by atoms with Gasteiger partial charge in [0.25, 0.3) is 0 Å². The summed E-state index contributed by atoms with van der Waals surface area (Å²) in [6.45, 7) is 3.76. The van der Waals surface area contributed by atoms with Gasteiger partial charge in [-0.2, -0.15) is 0 Å². The van der Waals surface area contributed by atoms with Gasteiger partial charge in [-0.3, -0.25) is 0 Å². The molecule has 1 nitrogen and oxygen atoms in total. The molecule has 0 radical (unpaired) electrons. The van der Waals surface area contributed by atoms with Crippen LogP contribution in [0.25, 0.3) is 0 Å². The van der Waals surface area contributed by atoms with Crippen LogP contribution in [0.15, 0.2) is 12.4 Å². The third kappa shape index (κ3) is 5.63. The molecule has 42 valence electrons. The lowest BCUT2D eigenvalue weighted by Gasteiger charge is -1.91. The highest BCUT2D eigenvalue weighted by atomic mass is 19.1. The van der Waals surface area contributed by atoms with E-state index in [-0.39, 0.29) is 5.83 Å². The molecule has 1 N–H and O–H groups in total. The monoisotopic (exact) mass is 103 g/mol. The van der Waals surface area contributed by atoms with Crippen LogP contribution in [0, 0.1) is 0 Å². The third-order valence-corrected chi connectivity index (χ3v) is 0.646. The molecule has 0 aliphatic heterocycles. The summed E-state index contributed by atoms with van der Waals surface area (Å²) < 4.78 is 11.7. The number of rotatable bonds is 3. The van der Waals surface area contributed by atoms with E-state index in [4.69, 9.17) is 0 Å². The molecule has 0 bridgehead atoms. The van der Waals surface area contributed by atoms with E-state index in [1.807, 2.05) is 0 Å². The van der Waals surface area contributed by atoms with Crippen molar-refractivity contribution in [2.45, 2.75) is 6.42 Å². The van der Waals surface area contributed by atoms with Gasteiger partial charge in [0.1, 0.15) is 0 Å². The summed E-state index contributed by atoms with van der Waals surface area (Å²) in [4.78, 5) is 0. The molecule has 2 heteroatoms. The summed E-state index contributed by atoms with van der Waals surface area (Å²) in [5.41, 5.74) is 0. The molecule has 0 aromatic heterocycles. The van der Waals surface area contributed by atoms with Gasteiger partial charge in [-0.05, 0) is 7.05 Å². The third-order valence-electron chi connectivity index (χ3n) is 0.646. The van der Waals surface area contributed by atoms with Crippen molar-refractivity contribution in [3.63, 3.8) is 0 Å². The van der Waals surface area contributed by atoms with Gasteiger partial charge in [0.05, 0.1) is 5.83 Å². The van der Waals surface area contributed by atoms with E-state index in [0.29, 0.717) is 13.0 Å². The van der Waals surface area contributed by atoms with Gasteiger partial charge in [-0.1, -0.05) is 6.58 Å². The van der Waals surface area contributed by atoms with E-state index in [1.165, 1.54) is 0 Å². The first kappa shape index (κ1) is 6.63. The summed E-state index contributed by atoms with van der Waals surface area (Å²) in [6, 6.07) is 0. The maximum absolute atomic E-state index is 11.7. The molecule has 0 atom stereocenters. The van der Waals surface area contributed by atoms with Gasteiger partial charge < -0.3 is 5.32 Å². The minimum atomic E-state index is -0.255. The van der Waals surface area contributed by atoms with Gasteiger partial charge in [0, 0.05) is 13.0 Å². The Morgan fingerprint density at radius 3 is 2.57 bits per heavy atom. The predicted molar refractivity (Wildman–Crippen MR) is 28.8 cm³/mol. The summed E-state index contributed by atoms with van der Waals surface area (Å²) in [5, 5.41) is 2.80. The maximum Gasteiger partial charge on any atom is 0.0940 e. The molecule has 0 aromatic rings. The van der Waals surface area contributed by atoms with Gasteiger partial charge in [-0.25, -0.2) is 4.39 Å². The minimum Gasteiger partial charge on any atom is -0.319 e. The van der Waals surface area contributed by atoms with Crippen molar-refractivity contribution in [2.24, 2.45) is 0 Å². The SMILES string of the molecule is C=C(F)CCNC. The van der Waals surface area contributed by atoms with Crippen LogP contribution in [0.5, 0.6) is 0 Å². The zero-order valence-electron chi connectivity index (χ0n) is 4.50. The summed E-state index contributed by atoms with van der Waals surface area (Å²) in [5.74, 6) is -0.255. The van der Waals surface area contributed by atoms with Crippen molar-refractivity contribution in [3.8, 4) is 0 Å². The van der Waals surface area contributed by atoms with Crippen molar-refractivity contribution in [2.75, 3.05) is 13.6 Å². The fourth-order valence-corrected chi connectivity index (χ4v) is 0.261. The maximum atomic E-state index is 11.7. The fourth-order valence-electron chi connectivity index (χ4n) is 0.261. The van der Waals surface area contributed by atoms with Crippen molar-refractivity contribution in [1.82, 2.24) is 5.32 Å². The molecule has 0 saturated heterocycles. The standard InChI is InChI=1S/C5H10FN/c1-5(6)3-4-7-2/h7H,1,3-4H2,2H3. The van der Waals surface area contributed by atoms with Crippen molar-refractivity contribution >= 4 is 0 Å². The van der Waals surface area contributed by atoms with Crippen molar-refractivity contribution < 1.29 is 4.39 Å². The Morgan fingerprint density at radius 1 is 1.86 bits per heavy atom. The lowest BCUT2D eigenvalue weighted by atomic mass is 10.4. The Morgan fingerprint density at radius 2 is 2.43 bits per heavy atom. The molecule has 0 unspecified atom stereocenters. The molecule has 0 spiro atoms. The average Bonchev–Trinajstić information content (AvgIpc) is 1.61. The first-order valence-electron chi connectivity index (χ1n) is 2.25. The zero-order valence-corrected chi connectivity index (χ0v) is 4.50. The van der Waals surface area contributed by atoms with Gasteiger partial charge >= 0.3 is 0 Å². The molecule has 0 aromatic carbocycles. The molecular formula is C5H10FN. The van der Waals surface area contributed by atoms with Gasteiger partial charge in [-0.15, -0.1) is 0 Å². The minimum absolute atomic E-state index is 0.255. The fraction of sp³-hybridized carbons (Fsp3) is 0.600. The molecular weight excluding hydrogens is 93.1 g/mol. The molecule has 0 saturated carbocycles. The second-order valence-electron chi connectivity index (χ2n) is 1.37. The van der Waals surface area contributed by atoms with E-state index in [2.05, 4.69) is 11.9 Å². The summed E-state index contributed by atoms with van der Waals surface area (Å²) in [7, 11) is 1.78. The number of nitrogens with one attached hydrogen (secondary N) is 1. The predicted octanol–water partition coefficient (Wildman–Crippen LogP) is 1.08. The molecule has 0 amide bonds. The highest BCUT2D eigenvalue weighted by Crippen LogP contribution is 1.94. The molecule has 7 heavy (non-hydrogen) atoms. The molecule has 0 fully saturated rings. The first-order chi connectivity index (χ1) is 3.27. The van der Waals surface area contributed by atoms with Crippen molar-refractivity contribution in [1.29, 1.82) is 0 Å². The largest absolute Gasteiger partial charge is 0.319 e. The highest BCUT2D eigenvalue weighted by molar-refractivity contribution is 4.79. The smallest absolute Gasteiger partial charge is 0.0940 e. The average molecular weight is 103 g/mol. The molecule has 0 heterocycles. The van der Waals surface area contributed by atoms with Gasteiger partial charge in [0.15, 0.2) is 0 Å². The molecule has 0 aliphatic carbocycles. The van der Waals surface area contributed by atoms with Crippen LogP contribution in [-0.4, -0.2) is 13.6 Å². The molecule has 0 rings (SSSR count). The Bertz CT molecular complexity index is 61.1. The lowest BCUT2D eigenvalue weighted by Crippen LogP contribution is -2.06. The number of hydrogen-bond acceptors (Lipinski definition) is 1. The van der Waals surface area contributed by atoms with E-state index in [0.717, 1.165) is 0 Å².